The molecule has 0 aromatic carbocycles. The minimum atomic E-state index is -0.303. The van der Waals surface area contributed by atoms with Gasteiger partial charge in [-0.3, -0.25) is 4.79 Å². The summed E-state index contributed by atoms with van der Waals surface area (Å²) in [6.07, 6.45) is 9.98. The molecule has 0 aromatic heterocycles. The summed E-state index contributed by atoms with van der Waals surface area (Å²) in [4.78, 5) is 23.4. The summed E-state index contributed by atoms with van der Waals surface area (Å²) in [6.45, 7) is 11.6. The third-order valence-electron chi connectivity index (χ3n) is 4.99. The fourth-order valence-electron chi connectivity index (χ4n) is 3.57. The lowest BCUT2D eigenvalue weighted by Crippen LogP contribution is -2.18. The largest absolute Gasteiger partial charge is 0.458 e. The molecule has 2 aliphatic rings. The predicted octanol–water partition coefficient (Wildman–Crippen LogP) is 4.82. The Morgan fingerprint density at radius 1 is 1.15 bits per heavy atom. The quantitative estimate of drug-likeness (QED) is 0.383. The molecule has 2 rings (SSSR count). The van der Waals surface area contributed by atoms with E-state index >= 15 is 0 Å². The van der Waals surface area contributed by atoms with Gasteiger partial charge in [-0.05, 0) is 58.6 Å². The van der Waals surface area contributed by atoms with Crippen molar-refractivity contribution < 1.29 is 19.1 Å². The van der Waals surface area contributed by atoms with E-state index in [0.29, 0.717) is 12.0 Å². The number of fused-ring (bicyclic) bond motifs is 1. The third kappa shape index (κ3) is 5.72. The Balaban J connectivity index is 2.30. The number of ether oxygens (including phenoxy) is 2. The van der Waals surface area contributed by atoms with Crippen molar-refractivity contribution in [2.24, 2.45) is 5.92 Å². The molecule has 1 fully saturated rings. The molecular formula is C22H30O4. The van der Waals surface area contributed by atoms with Crippen molar-refractivity contribution in [3.8, 4) is 0 Å². The van der Waals surface area contributed by atoms with Crippen molar-refractivity contribution in [3.63, 3.8) is 0 Å². The van der Waals surface area contributed by atoms with Crippen LogP contribution < -0.4 is 0 Å². The van der Waals surface area contributed by atoms with Gasteiger partial charge in [-0.15, -0.1) is 0 Å². The van der Waals surface area contributed by atoms with Crippen LogP contribution in [0, 0.1) is 5.92 Å². The van der Waals surface area contributed by atoms with Gasteiger partial charge in [0.1, 0.15) is 12.2 Å². The standard InChI is InChI=1S/C22H30O4/c1-14-7-6-8-15(2)11-19(25-18(5)23)12-16(3)13-21-20(10-9-14)17(4)22(24)26-21/h7,11,13,19-21H,4,6,8-10,12H2,1-3,5H3/b14-7-,15-11+,16-13+/t19-,20-,21+/m1/s1. The Labute approximate surface area is 156 Å². The zero-order valence-corrected chi connectivity index (χ0v) is 16.3. The van der Waals surface area contributed by atoms with E-state index in [0.717, 1.165) is 31.3 Å². The fourth-order valence-corrected chi connectivity index (χ4v) is 3.57. The predicted molar refractivity (Wildman–Crippen MR) is 102 cm³/mol. The summed E-state index contributed by atoms with van der Waals surface area (Å²) in [7, 11) is 0. The first-order chi connectivity index (χ1) is 12.3. The molecule has 0 bridgehead atoms. The molecule has 4 nitrogen and oxygen atoms in total. The summed E-state index contributed by atoms with van der Waals surface area (Å²) < 4.78 is 11.0. The molecule has 1 aliphatic carbocycles. The monoisotopic (exact) mass is 358 g/mol. The average molecular weight is 358 g/mol. The number of esters is 2. The van der Waals surface area contributed by atoms with Gasteiger partial charge < -0.3 is 9.47 Å². The molecule has 0 N–H and O–H groups in total. The van der Waals surface area contributed by atoms with Gasteiger partial charge in [-0.1, -0.05) is 29.4 Å². The number of carbonyl (C=O) groups is 2. The van der Waals surface area contributed by atoms with Gasteiger partial charge in [-0.25, -0.2) is 4.79 Å². The minimum Gasteiger partial charge on any atom is -0.458 e. The number of allylic oxidation sites excluding steroid dienone is 3. The topological polar surface area (TPSA) is 52.6 Å². The molecule has 4 heteroatoms. The van der Waals surface area contributed by atoms with Crippen LogP contribution in [0.3, 0.4) is 0 Å². The van der Waals surface area contributed by atoms with Crippen LogP contribution in [0.2, 0.25) is 0 Å². The minimum absolute atomic E-state index is 0.00759. The van der Waals surface area contributed by atoms with Crippen LogP contribution in [-0.2, 0) is 19.1 Å². The first-order valence-electron chi connectivity index (χ1n) is 9.33. The van der Waals surface area contributed by atoms with Gasteiger partial charge >= 0.3 is 11.9 Å². The maximum atomic E-state index is 12.0. The van der Waals surface area contributed by atoms with E-state index < -0.39 is 0 Å². The lowest BCUT2D eigenvalue weighted by atomic mass is 9.88. The molecule has 26 heavy (non-hydrogen) atoms. The summed E-state index contributed by atoms with van der Waals surface area (Å²) >= 11 is 0. The molecule has 0 aromatic rings. The number of hydrogen-bond acceptors (Lipinski definition) is 4. The molecule has 0 saturated carbocycles. The van der Waals surface area contributed by atoms with Gasteiger partial charge in [0, 0.05) is 24.8 Å². The van der Waals surface area contributed by atoms with Crippen LogP contribution in [0.1, 0.15) is 59.8 Å². The second kappa shape index (κ2) is 9.02. The maximum absolute atomic E-state index is 12.0. The van der Waals surface area contributed by atoms with Gasteiger partial charge in [0.2, 0.25) is 0 Å². The van der Waals surface area contributed by atoms with E-state index in [9.17, 15) is 9.59 Å². The van der Waals surface area contributed by atoms with E-state index in [1.54, 1.807) is 0 Å². The average Bonchev–Trinajstić information content (AvgIpc) is 2.77. The summed E-state index contributed by atoms with van der Waals surface area (Å²) in [5, 5.41) is 0. The Bertz CT molecular complexity index is 666. The van der Waals surface area contributed by atoms with Crippen molar-refractivity contribution in [1.29, 1.82) is 0 Å². The zero-order valence-electron chi connectivity index (χ0n) is 16.3. The lowest BCUT2D eigenvalue weighted by molar-refractivity contribution is -0.144. The molecule has 0 unspecified atom stereocenters. The summed E-state index contributed by atoms with van der Waals surface area (Å²) in [5.41, 5.74) is 4.13. The highest BCUT2D eigenvalue weighted by Crippen LogP contribution is 2.33. The SMILES string of the molecule is C=C1C(=O)O[C@H]2/C=C(\C)C[C@H](OC(C)=O)/C=C(\C)CC/C=C(/C)CC[C@H]12. The Morgan fingerprint density at radius 3 is 2.58 bits per heavy atom. The van der Waals surface area contributed by atoms with Crippen LogP contribution in [0.25, 0.3) is 0 Å². The molecule has 1 aliphatic heterocycles. The molecule has 0 amide bonds. The van der Waals surface area contributed by atoms with E-state index in [-0.39, 0.29) is 30.1 Å². The first kappa shape index (κ1) is 20.2. The smallest absolute Gasteiger partial charge is 0.334 e. The highest BCUT2D eigenvalue weighted by atomic mass is 16.6. The molecule has 3 atom stereocenters. The highest BCUT2D eigenvalue weighted by Gasteiger charge is 2.37. The van der Waals surface area contributed by atoms with Crippen LogP contribution in [0.5, 0.6) is 0 Å². The Morgan fingerprint density at radius 2 is 1.88 bits per heavy atom. The number of carbonyl (C=O) groups excluding carboxylic acids is 2. The van der Waals surface area contributed by atoms with Crippen molar-refractivity contribution >= 4 is 11.9 Å². The van der Waals surface area contributed by atoms with Gasteiger partial charge in [0.15, 0.2) is 0 Å². The molecular weight excluding hydrogens is 328 g/mol. The third-order valence-corrected chi connectivity index (χ3v) is 4.99. The van der Waals surface area contributed by atoms with Crippen LogP contribution in [-0.4, -0.2) is 24.1 Å². The van der Waals surface area contributed by atoms with Crippen molar-refractivity contribution in [3.05, 3.63) is 47.1 Å². The van der Waals surface area contributed by atoms with Crippen molar-refractivity contribution in [2.75, 3.05) is 0 Å². The van der Waals surface area contributed by atoms with Crippen LogP contribution >= 0.6 is 0 Å². The summed E-state index contributed by atoms with van der Waals surface area (Å²) in [6, 6.07) is 0. The molecule has 0 radical (unpaired) electrons. The molecule has 1 heterocycles. The molecule has 1 saturated heterocycles. The summed E-state index contributed by atoms with van der Waals surface area (Å²) in [5.74, 6) is -0.585. The normalized spacial score (nSPS) is 34.2. The zero-order chi connectivity index (χ0) is 19.3. The Kier molecular flexibility index (Phi) is 7.01. The second-order valence-electron chi connectivity index (χ2n) is 7.51. The van der Waals surface area contributed by atoms with E-state index in [1.807, 2.05) is 19.1 Å². The molecule has 142 valence electrons. The molecule has 0 spiro atoms. The van der Waals surface area contributed by atoms with Gasteiger partial charge in [0.25, 0.3) is 0 Å². The van der Waals surface area contributed by atoms with Gasteiger partial charge in [-0.2, -0.15) is 0 Å². The second-order valence-corrected chi connectivity index (χ2v) is 7.51. The lowest BCUT2D eigenvalue weighted by Gasteiger charge is -2.19. The van der Waals surface area contributed by atoms with E-state index in [1.165, 1.54) is 18.1 Å². The van der Waals surface area contributed by atoms with Crippen LogP contribution in [0.4, 0.5) is 0 Å². The fraction of sp³-hybridized carbons (Fsp3) is 0.545. The van der Waals surface area contributed by atoms with E-state index in [4.69, 9.17) is 9.47 Å². The van der Waals surface area contributed by atoms with Crippen molar-refractivity contribution in [2.45, 2.75) is 72.0 Å². The maximum Gasteiger partial charge on any atom is 0.334 e. The number of hydrogen-bond donors (Lipinski definition) is 0. The first-order valence-corrected chi connectivity index (χ1v) is 9.33. The van der Waals surface area contributed by atoms with Crippen LogP contribution in [0.15, 0.2) is 47.1 Å². The Hall–Kier alpha value is -2.10. The van der Waals surface area contributed by atoms with Crippen molar-refractivity contribution in [1.82, 2.24) is 0 Å². The number of rotatable bonds is 1. The highest BCUT2D eigenvalue weighted by molar-refractivity contribution is 5.91. The van der Waals surface area contributed by atoms with E-state index in [2.05, 4.69) is 26.5 Å². The van der Waals surface area contributed by atoms with Gasteiger partial charge in [0.05, 0.1) is 0 Å².